The number of anilines is 2. The van der Waals surface area contributed by atoms with Crippen LogP contribution in [0.1, 0.15) is 29.5 Å². The van der Waals surface area contributed by atoms with Gasteiger partial charge in [0.05, 0.1) is 12.2 Å². The molecule has 6 amide bonds. The first-order valence-corrected chi connectivity index (χ1v) is 11.1. The van der Waals surface area contributed by atoms with Crippen molar-refractivity contribution in [1.82, 2.24) is 15.5 Å². The van der Waals surface area contributed by atoms with Crippen molar-refractivity contribution >= 4 is 35.3 Å². The van der Waals surface area contributed by atoms with E-state index in [9.17, 15) is 23.6 Å². The molecular formula is C24H26FN5O4. The van der Waals surface area contributed by atoms with Crippen molar-refractivity contribution in [1.29, 1.82) is 0 Å². The molecule has 0 spiro atoms. The van der Waals surface area contributed by atoms with Gasteiger partial charge in [-0.15, -0.1) is 0 Å². The monoisotopic (exact) mass is 467 g/mol. The Kier molecular flexibility index (Phi) is 6.76. The van der Waals surface area contributed by atoms with E-state index in [-0.39, 0.29) is 23.7 Å². The zero-order valence-electron chi connectivity index (χ0n) is 18.8. The fourth-order valence-electron chi connectivity index (χ4n) is 4.12. The minimum absolute atomic E-state index is 0.173. The third kappa shape index (κ3) is 5.00. The highest BCUT2D eigenvalue weighted by Crippen LogP contribution is 2.31. The predicted octanol–water partition coefficient (Wildman–Crippen LogP) is 2.68. The van der Waals surface area contributed by atoms with E-state index >= 15 is 0 Å². The number of nitrogens with one attached hydrogen (secondary N) is 3. The Hall–Kier alpha value is -3.95. The average Bonchev–Trinajstić information content (AvgIpc) is 3.36. The number of imide groups is 1. The van der Waals surface area contributed by atoms with E-state index in [0.29, 0.717) is 31.6 Å². The highest BCUT2D eigenvalue weighted by atomic mass is 19.1. The number of amides is 6. The van der Waals surface area contributed by atoms with Crippen LogP contribution in [0, 0.1) is 12.7 Å². The molecule has 10 heteroatoms. The van der Waals surface area contributed by atoms with Crippen molar-refractivity contribution in [2.75, 3.05) is 29.9 Å². The van der Waals surface area contributed by atoms with Crippen LogP contribution in [-0.4, -0.2) is 48.4 Å². The lowest BCUT2D eigenvalue weighted by molar-refractivity contribution is -0.128. The second-order valence-electron chi connectivity index (χ2n) is 8.32. The van der Waals surface area contributed by atoms with E-state index in [1.54, 1.807) is 0 Å². The number of nitrogens with zero attached hydrogens (tertiary/aromatic N) is 2. The Morgan fingerprint density at radius 1 is 1.06 bits per heavy atom. The largest absolute Gasteiger partial charge is 0.338 e. The first-order valence-electron chi connectivity index (χ1n) is 11.1. The van der Waals surface area contributed by atoms with Gasteiger partial charge in [0.25, 0.3) is 5.91 Å². The SMILES string of the molecule is Cc1c(NC(=O)NCCc2ccc(CN3CCCC3=O)cc2)ccc(F)c1N1C(=O)CNC1=O. The number of benzene rings is 2. The lowest BCUT2D eigenvalue weighted by Gasteiger charge is -2.19. The number of hydrogen-bond acceptors (Lipinski definition) is 4. The van der Waals surface area contributed by atoms with Gasteiger partial charge in [-0.3, -0.25) is 9.59 Å². The Labute approximate surface area is 196 Å². The van der Waals surface area contributed by atoms with Crippen LogP contribution < -0.4 is 20.9 Å². The summed E-state index contributed by atoms with van der Waals surface area (Å²) in [5, 5.41) is 7.75. The van der Waals surface area contributed by atoms with Crippen LogP contribution in [0.3, 0.4) is 0 Å². The molecule has 178 valence electrons. The minimum Gasteiger partial charge on any atom is -0.338 e. The molecule has 9 nitrogen and oxygen atoms in total. The van der Waals surface area contributed by atoms with Crippen LogP contribution in [0.4, 0.5) is 25.4 Å². The van der Waals surface area contributed by atoms with Crippen LogP contribution in [-0.2, 0) is 22.6 Å². The number of hydrogen-bond donors (Lipinski definition) is 3. The van der Waals surface area contributed by atoms with Gasteiger partial charge < -0.3 is 20.9 Å². The molecule has 0 aromatic heterocycles. The molecule has 2 saturated heterocycles. The zero-order valence-corrected chi connectivity index (χ0v) is 18.8. The normalized spacial score (nSPS) is 15.6. The van der Waals surface area contributed by atoms with Crippen molar-refractivity contribution in [2.45, 2.75) is 32.7 Å². The van der Waals surface area contributed by atoms with Gasteiger partial charge in [-0.2, -0.15) is 0 Å². The summed E-state index contributed by atoms with van der Waals surface area (Å²) >= 11 is 0. The number of likely N-dealkylation sites (tertiary alicyclic amines) is 1. The molecule has 3 N–H and O–H groups in total. The van der Waals surface area contributed by atoms with Crippen LogP contribution >= 0.6 is 0 Å². The summed E-state index contributed by atoms with van der Waals surface area (Å²) in [5.41, 5.74) is 2.50. The first-order chi connectivity index (χ1) is 16.3. The van der Waals surface area contributed by atoms with Gasteiger partial charge in [0.1, 0.15) is 5.82 Å². The summed E-state index contributed by atoms with van der Waals surface area (Å²) in [5.74, 6) is -1.10. The van der Waals surface area contributed by atoms with E-state index in [2.05, 4.69) is 16.0 Å². The zero-order chi connectivity index (χ0) is 24.2. The average molecular weight is 468 g/mol. The molecule has 2 fully saturated rings. The maximum atomic E-state index is 14.4. The third-order valence-corrected chi connectivity index (χ3v) is 5.96. The number of carbonyl (C=O) groups is 4. The summed E-state index contributed by atoms with van der Waals surface area (Å²) in [7, 11) is 0. The Morgan fingerprint density at radius 2 is 1.79 bits per heavy atom. The van der Waals surface area contributed by atoms with E-state index < -0.39 is 23.8 Å². The summed E-state index contributed by atoms with van der Waals surface area (Å²) in [4.78, 5) is 50.6. The van der Waals surface area contributed by atoms with Gasteiger partial charge in [-0.05, 0) is 48.6 Å². The van der Waals surface area contributed by atoms with Gasteiger partial charge >= 0.3 is 12.1 Å². The van der Waals surface area contributed by atoms with Crippen molar-refractivity contribution in [3.8, 4) is 0 Å². The second kappa shape index (κ2) is 9.90. The molecule has 0 bridgehead atoms. The highest BCUT2D eigenvalue weighted by molar-refractivity contribution is 6.20. The quantitative estimate of drug-likeness (QED) is 0.544. The van der Waals surface area contributed by atoms with Gasteiger partial charge in [0.15, 0.2) is 0 Å². The van der Waals surface area contributed by atoms with Gasteiger partial charge in [-0.1, -0.05) is 24.3 Å². The van der Waals surface area contributed by atoms with Gasteiger partial charge in [-0.25, -0.2) is 18.9 Å². The van der Waals surface area contributed by atoms with Gasteiger partial charge in [0, 0.05) is 31.7 Å². The Bertz CT molecular complexity index is 1120. The summed E-state index contributed by atoms with van der Waals surface area (Å²) in [6.07, 6.45) is 2.14. The number of urea groups is 2. The molecule has 34 heavy (non-hydrogen) atoms. The Morgan fingerprint density at radius 3 is 2.44 bits per heavy atom. The van der Waals surface area contributed by atoms with Crippen molar-refractivity contribution in [3.63, 3.8) is 0 Å². The van der Waals surface area contributed by atoms with E-state index in [0.717, 1.165) is 35.1 Å². The molecule has 0 unspecified atom stereocenters. The first kappa shape index (κ1) is 23.2. The lowest BCUT2D eigenvalue weighted by atomic mass is 10.1. The molecule has 0 saturated carbocycles. The second-order valence-corrected chi connectivity index (χ2v) is 8.32. The standard InChI is InChI=1S/C24H26FN5O4/c1-15-19(9-8-18(25)22(15)30-21(32)13-27-24(30)34)28-23(33)26-11-10-16-4-6-17(7-5-16)14-29-12-2-3-20(29)31/h4-9H,2-3,10-14H2,1H3,(H,27,34)(H2,26,28,33). The highest BCUT2D eigenvalue weighted by Gasteiger charge is 2.33. The van der Waals surface area contributed by atoms with Crippen LogP contribution in [0.15, 0.2) is 36.4 Å². The van der Waals surface area contributed by atoms with Crippen LogP contribution in [0.2, 0.25) is 0 Å². The van der Waals surface area contributed by atoms with E-state index in [1.807, 2.05) is 29.2 Å². The molecule has 2 aromatic rings. The number of carbonyl (C=O) groups excluding carboxylic acids is 4. The third-order valence-electron chi connectivity index (χ3n) is 5.96. The van der Waals surface area contributed by atoms with Crippen LogP contribution in [0.25, 0.3) is 0 Å². The van der Waals surface area contributed by atoms with E-state index in [1.165, 1.54) is 13.0 Å². The molecule has 2 aliphatic rings. The Balaban J connectivity index is 1.30. The minimum atomic E-state index is -0.730. The molecule has 0 aliphatic carbocycles. The maximum Gasteiger partial charge on any atom is 0.329 e. The summed E-state index contributed by atoms with van der Waals surface area (Å²) < 4.78 is 14.4. The molecular weight excluding hydrogens is 441 g/mol. The maximum absolute atomic E-state index is 14.4. The number of rotatable bonds is 7. The van der Waals surface area contributed by atoms with Crippen molar-refractivity contribution in [3.05, 3.63) is 58.9 Å². The fraction of sp³-hybridized carbons (Fsp3) is 0.333. The molecule has 4 rings (SSSR count). The number of halogens is 1. The van der Waals surface area contributed by atoms with Crippen LogP contribution in [0.5, 0.6) is 0 Å². The molecule has 2 aromatic carbocycles. The molecule has 2 heterocycles. The molecule has 2 aliphatic heterocycles. The van der Waals surface area contributed by atoms with Crippen molar-refractivity contribution in [2.24, 2.45) is 0 Å². The topological polar surface area (TPSA) is 111 Å². The van der Waals surface area contributed by atoms with Gasteiger partial charge in [0.2, 0.25) is 5.91 Å². The van der Waals surface area contributed by atoms with Crippen molar-refractivity contribution < 1.29 is 23.6 Å². The predicted molar refractivity (Wildman–Crippen MR) is 124 cm³/mol. The molecule has 0 atom stereocenters. The van der Waals surface area contributed by atoms with E-state index in [4.69, 9.17) is 0 Å². The lowest BCUT2D eigenvalue weighted by Crippen LogP contribution is -2.33. The smallest absolute Gasteiger partial charge is 0.329 e. The summed E-state index contributed by atoms with van der Waals surface area (Å²) in [6, 6.07) is 9.23. The fourth-order valence-corrected chi connectivity index (χ4v) is 4.12. The summed E-state index contributed by atoms with van der Waals surface area (Å²) in [6.45, 7) is 3.12. The molecule has 0 radical (unpaired) electrons.